The Morgan fingerprint density at radius 2 is 2.06 bits per heavy atom. The van der Waals surface area contributed by atoms with Gasteiger partial charge < -0.3 is 19.6 Å². The van der Waals surface area contributed by atoms with E-state index in [4.69, 9.17) is 4.74 Å². The fraction of sp³-hybridized carbons (Fsp3) is 0.480. The summed E-state index contributed by atoms with van der Waals surface area (Å²) < 4.78 is 7.38. The van der Waals surface area contributed by atoms with E-state index in [1.807, 2.05) is 38.1 Å². The third kappa shape index (κ3) is 4.63. The molecule has 0 aliphatic heterocycles. The number of fused-ring (bicyclic) bond motifs is 1. The van der Waals surface area contributed by atoms with Gasteiger partial charge >= 0.3 is 0 Å². The summed E-state index contributed by atoms with van der Waals surface area (Å²) in [6.45, 7) is 4.94. The maximum Gasteiger partial charge on any atom is 0.257 e. The number of methoxy groups -OCH3 is 1. The van der Waals surface area contributed by atoms with Gasteiger partial charge in [0, 0.05) is 31.1 Å². The van der Waals surface area contributed by atoms with Gasteiger partial charge in [0.2, 0.25) is 0 Å². The molecule has 2 aromatic heterocycles. The molecule has 7 nitrogen and oxygen atoms in total. The van der Waals surface area contributed by atoms with Crippen LogP contribution >= 0.6 is 0 Å². The fourth-order valence-electron chi connectivity index (χ4n) is 4.78. The van der Waals surface area contributed by atoms with Gasteiger partial charge in [-0.25, -0.2) is 4.98 Å². The zero-order valence-corrected chi connectivity index (χ0v) is 19.1. The van der Waals surface area contributed by atoms with Crippen LogP contribution in [0.15, 0.2) is 35.1 Å². The van der Waals surface area contributed by atoms with Crippen molar-refractivity contribution in [2.45, 2.75) is 58.5 Å². The molecule has 0 bridgehead atoms. The number of aromatic amines is 1. The Morgan fingerprint density at radius 3 is 2.78 bits per heavy atom. The number of carbonyl (C=O) groups is 1. The van der Waals surface area contributed by atoms with Crippen molar-refractivity contribution >= 4 is 16.9 Å². The molecule has 7 heteroatoms. The topological polar surface area (TPSA) is 89.0 Å². The van der Waals surface area contributed by atoms with Crippen LogP contribution in [0.4, 0.5) is 0 Å². The van der Waals surface area contributed by atoms with Gasteiger partial charge in [-0.05, 0) is 38.3 Å². The highest BCUT2D eigenvalue weighted by Crippen LogP contribution is 2.29. The molecule has 4 rings (SSSR count). The van der Waals surface area contributed by atoms with Crippen LogP contribution in [0.2, 0.25) is 0 Å². The summed E-state index contributed by atoms with van der Waals surface area (Å²) in [7, 11) is 1.66. The number of benzene rings is 1. The second-order valence-corrected chi connectivity index (χ2v) is 8.81. The van der Waals surface area contributed by atoms with E-state index in [2.05, 4.69) is 19.9 Å². The summed E-state index contributed by atoms with van der Waals surface area (Å²) in [4.78, 5) is 34.3. The molecule has 0 radical (unpaired) electrons. The number of amides is 1. The van der Waals surface area contributed by atoms with Crippen LogP contribution in [-0.4, -0.2) is 34.2 Å². The van der Waals surface area contributed by atoms with Crippen molar-refractivity contribution in [3.05, 3.63) is 63.3 Å². The zero-order chi connectivity index (χ0) is 22.7. The number of imidazole rings is 1. The molecular weight excluding hydrogens is 404 g/mol. The van der Waals surface area contributed by atoms with E-state index in [9.17, 15) is 9.59 Å². The van der Waals surface area contributed by atoms with Gasteiger partial charge in [-0.1, -0.05) is 37.8 Å². The highest BCUT2D eigenvalue weighted by molar-refractivity contribution is 5.95. The molecule has 1 aliphatic rings. The Morgan fingerprint density at radius 1 is 1.31 bits per heavy atom. The number of rotatable bonds is 8. The minimum Gasteiger partial charge on any atom is -0.383 e. The van der Waals surface area contributed by atoms with Gasteiger partial charge in [-0.3, -0.25) is 9.59 Å². The number of para-hydroxylation sites is 2. The number of hydrogen-bond donors (Lipinski definition) is 2. The minimum atomic E-state index is -0.359. The van der Waals surface area contributed by atoms with Crippen molar-refractivity contribution in [2.24, 2.45) is 5.92 Å². The number of hydrogen-bond acceptors (Lipinski definition) is 4. The largest absolute Gasteiger partial charge is 0.383 e. The third-order valence-corrected chi connectivity index (χ3v) is 6.49. The lowest BCUT2D eigenvalue weighted by Gasteiger charge is -2.22. The van der Waals surface area contributed by atoms with Crippen LogP contribution in [0.25, 0.3) is 11.0 Å². The van der Waals surface area contributed by atoms with E-state index in [0.717, 1.165) is 41.7 Å². The Kier molecular flexibility index (Phi) is 6.74. The second kappa shape index (κ2) is 9.69. The lowest BCUT2D eigenvalue weighted by atomic mass is 9.96. The molecule has 3 aromatic rings. The van der Waals surface area contributed by atoms with E-state index in [1.165, 1.54) is 12.8 Å². The molecule has 1 saturated carbocycles. The molecule has 1 atom stereocenters. The second-order valence-electron chi connectivity index (χ2n) is 8.81. The van der Waals surface area contributed by atoms with Crippen LogP contribution in [0.3, 0.4) is 0 Å². The van der Waals surface area contributed by atoms with Gasteiger partial charge in [0.05, 0.1) is 23.7 Å². The monoisotopic (exact) mass is 436 g/mol. The average molecular weight is 437 g/mol. The molecule has 2 heterocycles. The molecule has 1 unspecified atom stereocenters. The normalized spacial score (nSPS) is 15.3. The van der Waals surface area contributed by atoms with Crippen molar-refractivity contribution < 1.29 is 9.53 Å². The maximum absolute atomic E-state index is 13.4. The number of H-pyrrole nitrogens is 1. The van der Waals surface area contributed by atoms with E-state index in [1.54, 1.807) is 13.2 Å². The number of carbonyl (C=O) groups excluding carboxylic acids is 1. The number of pyridine rings is 1. The molecule has 1 amide bonds. The van der Waals surface area contributed by atoms with Gasteiger partial charge in [-0.2, -0.15) is 0 Å². The van der Waals surface area contributed by atoms with Gasteiger partial charge in [0.15, 0.2) is 5.43 Å². The first-order chi connectivity index (χ1) is 15.5. The standard InChI is InChI=1S/C25H32N4O3/c1-16-14-22(30)23(21(29(16)12-13-32-3)15-18-8-4-5-9-18)25(31)26-17(2)24-27-19-10-6-7-11-20(19)28-24/h6-7,10-11,14,17-18H,4-5,8-9,12-13,15H2,1-3H3,(H,26,31)(H,27,28). The Bertz CT molecular complexity index is 1120. The van der Waals surface area contributed by atoms with Crippen molar-refractivity contribution in [2.75, 3.05) is 13.7 Å². The molecule has 0 spiro atoms. The van der Waals surface area contributed by atoms with Gasteiger partial charge in [-0.15, -0.1) is 0 Å². The quantitative estimate of drug-likeness (QED) is 0.560. The van der Waals surface area contributed by atoms with E-state index in [0.29, 0.717) is 24.9 Å². The summed E-state index contributed by atoms with van der Waals surface area (Å²) in [5, 5.41) is 3.01. The first kappa shape index (κ1) is 22.3. The van der Waals surface area contributed by atoms with Gasteiger partial charge in [0.25, 0.3) is 5.91 Å². The predicted molar refractivity (Wildman–Crippen MR) is 125 cm³/mol. The summed E-state index contributed by atoms with van der Waals surface area (Å²) in [5.41, 5.74) is 3.49. The smallest absolute Gasteiger partial charge is 0.257 e. The molecule has 1 fully saturated rings. The van der Waals surface area contributed by atoms with Crippen molar-refractivity contribution in [1.82, 2.24) is 19.9 Å². The highest BCUT2D eigenvalue weighted by Gasteiger charge is 2.26. The summed E-state index contributed by atoms with van der Waals surface area (Å²) in [5.74, 6) is 0.829. The molecule has 1 aliphatic carbocycles. The van der Waals surface area contributed by atoms with Crippen molar-refractivity contribution in [3.63, 3.8) is 0 Å². The van der Waals surface area contributed by atoms with Crippen LogP contribution in [0.5, 0.6) is 0 Å². The molecule has 32 heavy (non-hydrogen) atoms. The number of nitrogens with one attached hydrogen (secondary N) is 2. The molecule has 1 aromatic carbocycles. The highest BCUT2D eigenvalue weighted by atomic mass is 16.5. The van der Waals surface area contributed by atoms with Crippen LogP contribution in [-0.2, 0) is 17.7 Å². The lowest BCUT2D eigenvalue weighted by Crippen LogP contribution is -2.35. The summed E-state index contributed by atoms with van der Waals surface area (Å²) >= 11 is 0. The van der Waals surface area contributed by atoms with Crippen LogP contribution < -0.4 is 10.7 Å². The molecule has 170 valence electrons. The number of aryl methyl sites for hydroxylation is 1. The number of nitrogens with zero attached hydrogens (tertiary/aromatic N) is 2. The van der Waals surface area contributed by atoms with Gasteiger partial charge in [0.1, 0.15) is 11.4 Å². The van der Waals surface area contributed by atoms with E-state index in [-0.39, 0.29) is 22.9 Å². The Hall–Kier alpha value is -2.93. The SMILES string of the molecule is COCCn1c(C)cc(=O)c(C(=O)NC(C)c2nc3ccccc3[nH]2)c1CC1CCCC1. The van der Waals surface area contributed by atoms with E-state index < -0.39 is 0 Å². The van der Waals surface area contributed by atoms with E-state index >= 15 is 0 Å². The first-order valence-electron chi connectivity index (χ1n) is 11.5. The fourth-order valence-corrected chi connectivity index (χ4v) is 4.78. The predicted octanol–water partition coefficient (Wildman–Crippen LogP) is 3.90. The van der Waals surface area contributed by atoms with Crippen molar-refractivity contribution in [1.29, 1.82) is 0 Å². The summed E-state index contributed by atoms with van der Waals surface area (Å²) in [6.07, 6.45) is 5.45. The molecule has 2 N–H and O–H groups in total. The maximum atomic E-state index is 13.4. The van der Waals surface area contributed by atoms with Crippen molar-refractivity contribution in [3.8, 4) is 0 Å². The molecule has 0 saturated heterocycles. The Labute approximate surface area is 188 Å². The number of ether oxygens (including phenoxy) is 1. The third-order valence-electron chi connectivity index (χ3n) is 6.49. The van der Waals surface area contributed by atoms with Crippen LogP contribution in [0, 0.1) is 12.8 Å². The number of aromatic nitrogens is 3. The van der Waals surface area contributed by atoms with Crippen LogP contribution in [0.1, 0.15) is 66.2 Å². The first-order valence-corrected chi connectivity index (χ1v) is 11.5. The zero-order valence-electron chi connectivity index (χ0n) is 19.1. The summed E-state index contributed by atoms with van der Waals surface area (Å²) in [6, 6.07) is 8.96. The molecular formula is C25H32N4O3. The Balaban J connectivity index is 1.66. The average Bonchev–Trinajstić information content (AvgIpc) is 3.43. The minimum absolute atomic E-state index is 0.224. The lowest BCUT2D eigenvalue weighted by molar-refractivity contribution is 0.0934.